The van der Waals surface area contributed by atoms with Crippen molar-refractivity contribution in [1.82, 2.24) is 4.98 Å². The molecule has 2 aromatic rings. The molecule has 0 spiro atoms. The molecule has 0 radical (unpaired) electrons. The van der Waals surface area contributed by atoms with Crippen molar-refractivity contribution in [3.8, 4) is 5.75 Å². The number of phenols is 1. The van der Waals surface area contributed by atoms with Gasteiger partial charge in [0.1, 0.15) is 5.75 Å². The highest BCUT2D eigenvalue weighted by molar-refractivity contribution is 6.34. The molecule has 0 fully saturated rings. The summed E-state index contributed by atoms with van der Waals surface area (Å²) in [4.78, 5) is 15.7. The Bertz CT molecular complexity index is 558. The lowest BCUT2D eigenvalue weighted by Gasteiger charge is -2.06. The van der Waals surface area contributed by atoms with E-state index in [4.69, 9.17) is 11.6 Å². The number of aromatic nitrogens is 1. The Balaban J connectivity index is 2.20. The minimum Gasteiger partial charge on any atom is -0.508 e. The number of hydrogen-bond acceptors (Lipinski definition) is 3. The molecule has 86 valence electrons. The molecule has 2 N–H and O–H groups in total. The van der Waals surface area contributed by atoms with Crippen molar-refractivity contribution < 1.29 is 9.90 Å². The Morgan fingerprint density at radius 2 is 2.18 bits per heavy atom. The third-order valence-corrected chi connectivity index (χ3v) is 2.45. The van der Waals surface area contributed by atoms with Crippen LogP contribution in [0.4, 0.5) is 5.69 Å². The number of anilines is 1. The molecule has 0 saturated carbocycles. The van der Waals surface area contributed by atoms with E-state index in [-0.39, 0.29) is 17.2 Å². The second-order valence-corrected chi connectivity index (χ2v) is 3.77. The maximum atomic E-state index is 11.8. The zero-order chi connectivity index (χ0) is 12.3. The third-order valence-electron chi connectivity index (χ3n) is 2.12. The smallest absolute Gasteiger partial charge is 0.258 e. The van der Waals surface area contributed by atoms with Gasteiger partial charge in [0.2, 0.25) is 0 Å². The quantitative estimate of drug-likeness (QED) is 0.859. The van der Waals surface area contributed by atoms with E-state index in [0.717, 1.165) is 0 Å². The Labute approximate surface area is 103 Å². The summed E-state index contributed by atoms with van der Waals surface area (Å²) >= 11 is 5.87. The Hall–Kier alpha value is -2.07. The van der Waals surface area contributed by atoms with Crippen LogP contribution in [-0.4, -0.2) is 16.0 Å². The fraction of sp³-hybridized carbons (Fsp3) is 0. The highest BCUT2D eigenvalue weighted by atomic mass is 35.5. The first-order valence-corrected chi connectivity index (χ1v) is 5.24. The summed E-state index contributed by atoms with van der Waals surface area (Å²) < 4.78 is 0. The molecular formula is C12H9ClN2O2. The normalized spacial score (nSPS) is 9.94. The number of nitrogens with zero attached hydrogens (tertiary/aromatic N) is 1. The number of pyridine rings is 1. The van der Waals surface area contributed by atoms with Gasteiger partial charge < -0.3 is 10.4 Å². The summed E-state index contributed by atoms with van der Waals surface area (Å²) in [5.41, 5.74) is 0.785. The van der Waals surface area contributed by atoms with Crippen molar-refractivity contribution in [2.45, 2.75) is 0 Å². The SMILES string of the molecule is O=C(Nc1cccc(O)c1)c1cnccc1Cl. The molecule has 0 unspecified atom stereocenters. The number of carbonyl (C=O) groups is 1. The van der Waals surface area contributed by atoms with Gasteiger partial charge in [0.15, 0.2) is 0 Å². The van der Waals surface area contributed by atoms with Crippen LogP contribution in [0.5, 0.6) is 5.75 Å². The van der Waals surface area contributed by atoms with E-state index in [2.05, 4.69) is 10.3 Å². The van der Waals surface area contributed by atoms with E-state index < -0.39 is 0 Å². The van der Waals surface area contributed by atoms with E-state index in [0.29, 0.717) is 10.7 Å². The molecule has 2 rings (SSSR count). The van der Waals surface area contributed by atoms with Gasteiger partial charge in [-0.25, -0.2) is 0 Å². The second-order valence-electron chi connectivity index (χ2n) is 3.36. The van der Waals surface area contributed by atoms with Crippen LogP contribution in [0, 0.1) is 0 Å². The lowest BCUT2D eigenvalue weighted by Crippen LogP contribution is -2.12. The van der Waals surface area contributed by atoms with Crippen molar-refractivity contribution in [1.29, 1.82) is 0 Å². The summed E-state index contributed by atoms with van der Waals surface area (Å²) in [7, 11) is 0. The summed E-state index contributed by atoms with van der Waals surface area (Å²) in [6.45, 7) is 0. The van der Waals surface area contributed by atoms with Crippen molar-refractivity contribution in [3.63, 3.8) is 0 Å². The molecule has 1 amide bonds. The lowest BCUT2D eigenvalue weighted by atomic mass is 10.2. The number of benzene rings is 1. The average Bonchev–Trinajstić information content (AvgIpc) is 2.29. The maximum Gasteiger partial charge on any atom is 0.258 e. The van der Waals surface area contributed by atoms with E-state index in [9.17, 15) is 9.90 Å². The minimum atomic E-state index is -0.367. The number of phenolic OH excluding ortho intramolecular Hbond substituents is 1. The van der Waals surface area contributed by atoms with Crippen molar-refractivity contribution >= 4 is 23.2 Å². The molecule has 1 heterocycles. The van der Waals surface area contributed by atoms with Crippen LogP contribution < -0.4 is 5.32 Å². The Kier molecular flexibility index (Phi) is 3.25. The number of amides is 1. The highest BCUT2D eigenvalue weighted by Gasteiger charge is 2.10. The van der Waals surface area contributed by atoms with Gasteiger partial charge in [-0.1, -0.05) is 17.7 Å². The van der Waals surface area contributed by atoms with Gasteiger partial charge >= 0.3 is 0 Å². The maximum absolute atomic E-state index is 11.8. The number of carbonyl (C=O) groups excluding carboxylic acids is 1. The molecule has 1 aromatic heterocycles. The standard InChI is InChI=1S/C12H9ClN2O2/c13-11-4-5-14-7-10(11)12(17)15-8-2-1-3-9(16)6-8/h1-7,16H,(H,15,17). The minimum absolute atomic E-state index is 0.0834. The van der Waals surface area contributed by atoms with Gasteiger partial charge in [-0.2, -0.15) is 0 Å². The van der Waals surface area contributed by atoms with Crippen molar-refractivity contribution in [3.05, 3.63) is 53.3 Å². The van der Waals surface area contributed by atoms with E-state index in [1.807, 2.05) is 0 Å². The van der Waals surface area contributed by atoms with Crippen LogP contribution in [0.3, 0.4) is 0 Å². The summed E-state index contributed by atoms with van der Waals surface area (Å²) in [6.07, 6.45) is 2.90. The first-order chi connectivity index (χ1) is 8.16. The van der Waals surface area contributed by atoms with Crippen molar-refractivity contribution in [2.75, 3.05) is 5.32 Å². The number of hydrogen-bond donors (Lipinski definition) is 2. The zero-order valence-corrected chi connectivity index (χ0v) is 9.48. The molecule has 0 aliphatic rings. The lowest BCUT2D eigenvalue weighted by molar-refractivity contribution is 0.102. The molecule has 0 bridgehead atoms. The van der Waals surface area contributed by atoms with Gasteiger partial charge in [0, 0.05) is 24.1 Å². The predicted molar refractivity (Wildman–Crippen MR) is 65.3 cm³/mol. The number of rotatable bonds is 2. The summed E-state index contributed by atoms with van der Waals surface area (Å²) in [5.74, 6) is -0.284. The molecule has 0 aliphatic carbocycles. The third kappa shape index (κ3) is 2.73. The second kappa shape index (κ2) is 4.84. The van der Waals surface area contributed by atoms with Crippen LogP contribution >= 0.6 is 11.6 Å². The fourth-order valence-corrected chi connectivity index (χ4v) is 1.52. The molecule has 5 heteroatoms. The molecule has 0 saturated heterocycles. The molecule has 0 aliphatic heterocycles. The molecular weight excluding hydrogens is 240 g/mol. The van der Waals surface area contributed by atoms with Crippen LogP contribution in [0.1, 0.15) is 10.4 Å². The van der Waals surface area contributed by atoms with E-state index in [1.165, 1.54) is 24.5 Å². The van der Waals surface area contributed by atoms with E-state index >= 15 is 0 Å². The van der Waals surface area contributed by atoms with Crippen LogP contribution in [0.15, 0.2) is 42.7 Å². The van der Waals surface area contributed by atoms with E-state index in [1.54, 1.807) is 18.2 Å². The van der Waals surface area contributed by atoms with Crippen molar-refractivity contribution in [2.24, 2.45) is 0 Å². The van der Waals surface area contributed by atoms with Crippen LogP contribution in [0.2, 0.25) is 5.02 Å². The summed E-state index contributed by atoms with van der Waals surface area (Å²) in [6, 6.07) is 7.81. The first-order valence-electron chi connectivity index (χ1n) is 4.87. The molecule has 17 heavy (non-hydrogen) atoms. The summed E-state index contributed by atoms with van der Waals surface area (Å²) in [5, 5.41) is 12.2. The van der Waals surface area contributed by atoms with Gasteiger partial charge in [-0.3, -0.25) is 9.78 Å². The number of nitrogens with one attached hydrogen (secondary N) is 1. The Morgan fingerprint density at radius 1 is 1.35 bits per heavy atom. The van der Waals surface area contributed by atoms with Gasteiger partial charge in [-0.15, -0.1) is 0 Å². The predicted octanol–water partition coefficient (Wildman–Crippen LogP) is 2.69. The topological polar surface area (TPSA) is 62.2 Å². The van der Waals surface area contributed by atoms with Crippen LogP contribution in [-0.2, 0) is 0 Å². The number of aromatic hydroxyl groups is 1. The van der Waals surface area contributed by atoms with Gasteiger partial charge in [-0.05, 0) is 18.2 Å². The Morgan fingerprint density at radius 3 is 2.88 bits per heavy atom. The van der Waals surface area contributed by atoms with Gasteiger partial charge in [0.05, 0.1) is 10.6 Å². The first kappa shape index (κ1) is 11.4. The largest absolute Gasteiger partial charge is 0.508 e. The monoisotopic (exact) mass is 248 g/mol. The highest BCUT2D eigenvalue weighted by Crippen LogP contribution is 2.18. The molecule has 0 atom stereocenters. The molecule has 1 aromatic carbocycles. The fourth-order valence-electron chi connectivity index (χ4n) is 1.33. The average molecular weight is 249 g/mol. The molecule has 4 nitrogen and oxygen atoms in total. The van der Waals surface area contributed by atoms with Gasteiger partial charge in [0.25, 0.3) is 5.91 Å². The van der Waals surface area contributed by atoms with Crippen LogP contribution in [0.25, 0.3) is 0 Å². The zero-order valence-electron chi connectivity index (χ0n) is 8.72. The number of halogens is 1.